The number of aromatic nitrogens is 1. The lowest BCUT2D eigenvalue weighted by atomic mass is 10.1. The van der Waals surface area contributed by atoms with E-state index in [1.54, 1.807) is 17.4 Å². The summed E-state index contributed by atoms with van der Waals surface area (Å²) in [6.07, 6.45) is 0. The maximum Gasteiger partial charge on any atom is 0.340 e. The Morgan fingerprint density at radius 2 is 1.71 bits per heavy atom. The van der Waals surface area contributed by atoms with E-state index in [2.05, 4.69) is 0 Å². The molecule has 5 heteroatoms. The first-order valence-corrected chi connectivity index (χ1v) is 9.02. The Labute approximate surface area is 161 Å². The lowest BCUT2D eigenvalue weighted by Gasteiger charge is -2.10. The summed E-state index contributed by atoms with van der Waals surface area (Å²) in [5.74, 6) is -1.18. The molecule has 0 amide bonds. The maximum absolute atomic E-state index is 13.3. The molecule has 0 saturated heterocycles. The number of hydrogen-bond acceptors (Lipinski definition) is 3. The number of pyridine rings is 1. The summed E-state index contributed by atoms with van der Waals surface area (Å²) in [7, 11) is 0. The van der Waals surface area contributed by atoms with Gasteiger partial charge in [-0.1, -0.05) is 18.2 Å². The molecule has 0 spiro atoms. The van der Waals surface area contributed by atoms with Gasteiger partial charge in [0.25, 0.3) is 0 Å². The molecule has 0 aliphatic heterocycles. The number of esters is 1. The van der Waals surface area contributed by atoms with E-state index in [0.29, 0.717) is 22.3 Å². The highest BCUT2D eigenvalue weighted by atomic mass is 19.1. The van der Waals surface area contributed by atoms with Crippen LogP contribution in [0.3, 0.4) is 0 Å². The molecule has 0 fully saturated rings. The van der Waals surface area contributed by atoms with Gasteiger partial charge in [0.2, 0.25) is 5.78 Å². The van der Waals surface area contributed by atoms with Crippen molar-refractivity contribution < 1.29 is 18.7 Å². The number of halogens is 1. The van der Waals surface area contributed by atoms with Crippen LogP contribution in [0.2, 0.25) is 0 Å². The summed E-state index contributed by atoms with van der Waals surface area (Å²) in [5.41, 5.74) is 3.44. The Morgan fingerprint density at radius 1 is 1.00 bits per heavy atom. The molecule has 2 aromatic carbocycles. The van der Waals surface area contributed by atoms with Crippen molar-refractivity contribution in [3.8, 4) is 0 Å². The number of para-hydroxylation sites is 1. The number of aryl methyl sites for hydroxylation is 1. The quantitative estimate of drug-likeness (QED) is 0.375. The Hall–Kier alpha value is -3.47. The van der Waals surface area contributed by atoms with Crippen molar-refractivity contribution in [3.63, 3.8) is 0 Å². The summed E-state index contributed by atoms with van der Waals surface area (Å²) in [5, 5.41) is 0.981. The van der Waals surface area contributed by atoms with Crippen LogP contribution in [-0.2, 0) is 4.74 Å². The summed E-state index contributed by atoms with van der Waals surface area (Å²) < 4.78 is 20.2. The second-order valence-corrected chi connectivity index (χ2v) is 6.56. The lowest BCUT2D eigenvalue weighted by molar-refractivity contribution is 0.0529. The second kappa shape index (κ2) is 6.93. The number of fused-ring (bicyclic) bond motifs is 3. The van der Waals surface area contributed by atoms with Gasteiger partial charge < -0.3 is 9.14 Å². The molecule has 4 aromatic rings. The molecule has 28 heavy (non-hydrogen) atoms. The van der Waals surface area contributed by atoms with Crippen molar-refractivity contribution in [2.75, 3.05) is 6.61 Å². The number of carbonyl (C=O) groups excluding carboxylic acids is 2. The largest absolute Gasteiger partial charge is 0.462 e. The SMILES string of the molecule is CCOC(=O)c1cc(C(=O)c2ccc(F)cc2)n2c1cc(C)c1ccccc12. The van der Waals surface area contributed by atoms with Gasteiger partial charge >= 0.3 is 5.97 Å². The van der Waals surface area contributed by atoms with Crippen molar-refractivity contribution in [2.24, 2.45) is 0 Å². The van der Waals surface area contributed by atoms with Crippen molar-refractivity contribution in [2.45, 2.75) is 13.8 Å². The first-order chi connectivity index (χ1) is 13.5. The van der Waals surface area contributed by atoms with Crippen LogP contribution < -0.4 is 0 Å². The van der Waals surface area contributed by atoms with Gasteiger partial charge in [0.1, 0.15) is 5.82 Å². The summed E-state index contributed by atoms with van der Waals surface area (Å²) in [6, 6.07) is 16.5. The standard InChI is InChI=1S/C23H18FNO3/c1-3-28-23(27)18-13-21(22(26)15-8-10-16(24)11-9-15)25-19-7-5-4-6-17(19)14(2)12-20(18)25/h4-13H,3H2,1-2H3. The van der Waals surface area contributed by atoms with Gasteiger partial charge in [0.05, 0.1) is 28.9 Å². The number of ketones is 1. The Morgan fingerprint density at radius 3 is 2.43 bits per heavy atom. The predicted molar refractivity (Wildman–Crippen MR) is 105 cm³/mol. The molecule has 0 aliphatic carbocycles. The summed E-state index contributed by atoms with van der Waals surface area (Å²) in [4.78, 5) is 25.7. The zero-order valence-electron chi connectivity index (χ0n) is 15.5. The third-order valence-electron chi connectivity index (χ3n) is 4.80. The van der Waals surface area contributed by atoms with Crippen LogP contribution >= 0.6 is 0 Å². The van der Waals surface area contributed by atoms with Crippen molar-refractivity contribution in [1.82, 2.24) is 4.40 Å². The van der Waals surface area contributed by atoms with Crippen LogP contribution in [0.25, 0.3) is 16.4 Å². The van der Waals surface area contributed by atoms with Crippen molar-refractivity contribution in [1.29, 1.82) is 0 Å². The van der Waals surface area contributed by atoms with E-state index in [1.165, 1.54) is 24.3 Å². The topological polar surface area (TPSA) is 47.8 Å². The second-order valence-electron chi connectivity index (χ2n) is 6.56. The molecule has 0 bridgehead atoms. The summed E-state index contributed by atoms with van der Waals surface area (Å²) in [6.45, 7) is 3.94. The average molecular weight is 375 g/mol. The maximum atomic E-state index is 13.3. The molecule has 0 N–H and O–H groups in total. The van der Waals surface area contributed by atoms with Gasteiger partial charge in [-0.05, 0) is 61.9 Å². The zero-order valence-corrected chi connectivity index (χ0v) is 15.5. The van der Waals surface area contributed by atoms with Gasteiger partial charge in [-0.15, -0.1) is 0 Å². The molecule has 0 atom stereocenters. The van der Waals surface area contributed by atoms with Crippen LogP contribution in [0.4, 0.5) is 4.39 Å². The molecule has 0 aliphatic rings. The number of carbonyl (C=O) groups is 2. The number of ether oxygens (including phenoxy) is 1. The number of hydrogen-bond donors (Lipinski definition) is 0. The smallest absolute Gasteiger partial charge is 0.340 e. The van der Waals surface area contributed by atoms with Crippen molar-refractivity contribution >= 4 is 28.2 Å². The molecule has 2 heterocycles. The van der Waals surface area contributed by atoms with E-state index >= 15 is 0 Å². The fraction of sp³-hybridized carbons (Fsp3) is 0.130. The first-order valence-electron chi connectivity index (χ1n) is 9.02. The normalized spacial score (nSPS) is 11.1. The Kier molecular flexibility index (Phi) is 4.43. The minimum Gasteiger partial charge on any atom is -0.462 e. The fourth-order valence-corrected chi connectivity index (χ4v) is 3.50. The van der Waals surface area contributed by atoms with Gasteiger partial charge in [-0.2, -0.15) is 0 Å². The van der Waals surface area contributed by atoms with E-state index < -0.39 is 11.8 Å². The van der Waals surface area contributed by atoms with Crippen LogP contribution in [-0.4, -0.2) is 22.8 Å². The van der Waals surface area contributed by atoms with Gasteiger partial charge in [-0.3, -0.25) is 4.79 Å². The van der Waals surface area contributed by atoms with E-state index in [-0.39, 0.29) is 12.4 Å². The highest BCUT2D eigenvalue weighted by Gasteiger charge is 2.23. The molecule has 0 unspecified atom stereocenters. The molecular weight excluding hydrogens is 357 g/mol. The van der Waals surface area contributed by atoms with Gasteiger partial charge in [0, 0.05) is 10.9 Å². The van der Waals surface area contributed by atoms with E-state index in [1.807, 2.05) is 37.3 Å². The molecule has 2 aromatic heterocycles. The van der Waals surface area contributed by atoms with Gasteiger partial charge in [-0.25, -0.2) is 9.18 Å². The molecule has 4 nitrogen and oxygen atoms in total. The van der Waals surface area contributed by atoms with E-state index in [0.717, 1.165) is 16.5 Å². The van der Waals surface area contributed by atoms with E-state index in [9.17, 15) is 14.0 Å². The predicted octanol–water partition coefficient (Wildman–Crippen LogP) is 4.95. The summed E-state index contributed by atoms with van der Waals surface area (Å²) >= 11 is 0. The third-order valence-corrected chi connectivity index (χ3v) is 4.80. The lowest BCUT2D eigenvalue weighted by Crippen LogP contribution is -2.06. The highest BCUT2D eigenvalue weighted by molar-refractivity contribution is 6.12. The number of rotatable bonds is 4. The molecule has 140 valence electrons. The van der Waals surface area contributed by atoms with Gasteiger partial charge in [0.15, 0.2) is 0 Å². The van der Waals surface area contributed by atoms with Crippen LogP contribution in [0, 0.1) is 12.7 Å². The average Bonchev–Trinajstić information content (AvgIpc) is 3.08. The minimum atomic E-state index is -0.479. The van der Waals surface area contributed by atoms with Crippen LogP contribution in [0.1, 0.15) is 38.9 Å². The number of benzene rings is 2. The monoisotopic (exact) mass is 375 g/mol. The van der Waals surface area contributed by atoms with Crippen LogP contribution in [0.5, 0.6) is 0 Å². The fourth-order valence-electron chi connectivity index (χ4n) is 3.50. The molecule has 4 rings (SSSR count). The third kappa shape index (κ3) is 2.85. The van der Waals surface area contributed by atoms with Crippen LogP contribution in [0.15, 0.2) is 60.7 Å². The van der Waals surface area contributed by atoms with E-state index in [4.69, 9.17) is 4.74 Å². The molecular formula is C23H18FNO3. The number of nitrogens with zero attached hydrogens (tertiary/aromatic N) is 1. The zero-order chi connectivity index (χ0) is 19.8. The first kappa shape index (κ1) is 17.9. The molecule has 0 radical (unpaired) electrons. The highest BCUT2D eigenvalue weighted by Crippen LogP contribution is 2.28. The molecule has 0 saturated carbocycles. The Balaban J connectivity index is 2.04. The minimum absolute atomic E-state index is 0.240. The van der Waals surface area contributed by atoms with Crippen molar-refractivity contribution in [3.05, 3.63) is 88.9 Å². The Bertz CT molecular complexity index is 1220.